The Balaban J connectivity index is 0.00000180. The van der Waals surface area contributed by atoms with Crippen molar-refractivity contribution in [3.05, 3.63) is 0 Å². The van der Waals surface area contributed by atoms with E-state index in [0.717, 1.165) is 19.3 Å². The highest BCUT2D eigenvalue weighted by molar-refractivity contribution is 14.0. The maximum absolute atomic E-state index is 11.3. The van der Waals surface area contributed by atoms with E-state index in [-0.39, 0.29) is 35.6 Å². The van der Waals surface area contributed by atoms with Gasteiger partial charge in [0.15, 0.2) is 15.8 Å². The van der Waals surface area contributed by atoms with Gasteiger partial charge >= 0.3 is 0 Å². The van der Waals surface area contributed by atoms with Gasteiger partial charge < -0.3 is 10.6 Å². The average molecular weight is 397 g/mol. The van der Waals surface area contributed by atoms with Gasteiger partial charge in [-0.05, 0) is 25.2 Å². The van der Waals surface area contributed by atoms with Gasteiger partial charge in [-0.25, -0.2) is 8.42 Å². The molecule has 0 bridgehead atoms. The van der Waals surface area contributed by atoms with E-state index in [1.807, 2.05) is 0 Å². The van der Waals surface area contributed by atoms with Crippen molar-refractivity contribution >= 4 is 39.8 Å². The van der Waals surface area contributed by atoms with E-state index in [2.05, 4.69) is 21.5 Å². The van der Waals surface area contributed by atoms with Crippen LogP contribution in [-0.4, -0.2) is 45.0 Å². The zero-order chi connectivity index (χ0) is 13.0. The highest BCUT2D eigenvalue weighted by atomic mass is 127. The van der Waals surface area contributed by atoms with Crippen molar-refractivity contribution in [3.63, 3.8) is 0 Å². The van der Waals surface area contributed by atoms with E-state index in [4.69, 9.17) is 6.42 Å². The fraction of sp³-hybridized carbons (Fsp3) is 0.750. The van der Waals surface area contributed by atoms with Crippen LogP contribution in [0.15, 0.2) is 4.99 Å². The predicted molar refractivity (Wildman–Crippen MR) is 87.5 cm³/mol. The number of hydrogen-bond donors (Lipinski definition) is 2. The highest BCUT2D eigenvalue weighted by Gasteiger charge is 2.28. The highest BCUT2D eigenvalue weighted by Crippen LogP contribution is 2.20. The van der Waals surface area contributed by atoms with Crippen LogP contribution in [0, 0.1) is 18.3 Å². The zero-order valence-corrected chi connectivity index (χ0v) is 13.9. The Morgan fingerprint density at radius 1 is 1.37 bits per heavy atom. The summed E-state index contributed by atoms with van der Waals surface area (Å²) < 4.78 is 22.7. The van der Waals surface area contributed by atoms with Gasteiger partial charge in [0.25, 0.3) is 0 Å². The van der Waals surface area contributed by atoms with E-state index in [1.165, 1.54) is 0 Å². The van der Waals surface area contributed by atoms with Gasteiger partial charge in [0, 0.05) is 12.6 Å². The van der Waals surface area contributed by atoms with Crippen molar-refractivity contribution in [2.24, 2.45) is 10.9 Å². The van der Waals surface area contributed by atoms with Crippen molar-refractivity contribution < 1.29 is 8.42 Å². The lowest BCUT2D eigenvalue weighted by Crippen LogP contribution is -2.39. The molecule has 1 aliphatic carbocycles. The third-order valence-corrected chi connectivity index (χ3v) is 4.95. The van der Waals surface area contributed by atoms with Crippen LogP contribution in [0.1, 0.15) is 19.3 Å². The van der Waals surface area contributed by atoms with Crippen LogP contribution in [0.25, 0.3) is 0 Å². The lowest BCUT2D eigenvalue weighted by Gasteiger charge is -2.11. The molecule has 0 radical (unpaired) electrons. The normalized spacial score (nSPS) is 25.2. The molecule has 1 unspecified atom stereocenters. The molecule has 1 saturated carbocycles. The topological polar surface area (TPSA) is 70.6 Å². The number of halogens is 1. The number of sulfone groups is 1. The van der Waals surface area contributed by atoms with Gasteiger partial charge in [-0.15, -0.1) is 30.4 Å². The van der Waals surface area contributed by atoms with E-state index < -0.39 is 9.84 Å². The van der Waals surface area contributed by atoms with Crippen LogP contribution in [-0.2, 0) is 9.84 Å². The Morgan fingerprint density at radius 3 is 2.63 bits per heavy atom. The number of nitrogens with one attached hydrogen (secondary N) is 2. The summed E-state index contributed by atoms with van der Waals surface area (Å²) in [6.07, 6.45) is 8.24. The number of aliphatic imine (C=N–C) groups is 1. The van der Waals surface area contributed by atoms with Crippen LogP contribution >= 0.6 is 24.0 Å². The summed E-state index contributed by atoms with van der Waals surface area (Å²) in [4.78, 5) is 4.42. The van der Waals surface area contributed by atoms with Crippen molar-refractivity contribution in [2.75, 3.05) is 24.6 Å². The molecule has 2 rings (SSSR count). The molecule has 7 heteroatoms. The molecular formula is C12H20IN3O2S. The summed E-state index contributed by atoms with van der Waals surface area (Å²) in [5.41, 5.74) is 0. The summed E-state index contributed by atoms with van der Waals surface area (Å²) >= 11 is 0. The monoisotopic (exact) mass is 397 g/mol. The van der Waals surface area contributed by atoms with E-state index >= 15 is 0 Å². The maximum Gasteiger partial charge on any atom is 0.192 e. The first kappa shape index (κ1) is 16.6. The van der Waals surface area contributed by atoms with Gasteiger partial charge in [0.1, 0.15) is 0 Å². The summed E-state index contributed by atoms with van der Waals surface area (Å²) in [5, 5.41) is 6.30. The second-order valence-corrected chi connectivity index (χ2v) is 7.16. The first-order valence-electron chi connectivity index (χ1n) is 6.28. The molecule has 2 N–H and O–H groups in total. The minimum absolute atomic E-state index is 0. The second kappa shape index (κ2) is 7.33. The first-order valence-corrected chi connectivity index (χ1v) is 8.10. The third-order valence-electron chi connectivity index (χ3n) is 3.11. The number of hydrogen-bond acceptors (Lipinski definition) is 3. The molecule has 1 atom stereocenters. The molecule has 108 valence electrons. The minimum Gasteiger partial charge on any atom is -0.354 e. The standard InChI is InChI=1S/C12H19N3O2S.HI/c1-2-6-13-12(15-11-3-4-11)14-8-10-5-7-18(16,17)9-10;/h1,10-11H,3-9H2,(H2,13,14,15);1H. The van der Waals surface area contributed by atoms with Gasteiger partial charge in [0.2, 0.25) is 0 Å². The molecule has 0 aromatic heterocycles. The molecule has 0 aromatic carbocycles. The van der Waals surface area contributed by atoms with Gasteiger partial charge in [-0.2, -0.15) is 0 Å². The SMILES string of the molecule is C#CCNC(=NCC1CCS(=O)(=O)C1)NC1CC1.I. The van der Waals surface area contributed by atoms with Gasteiger partial charge in [-0.3, -0.25) is 4.99 Å². The van der Waals surface area contributed by atoms with Gasteiger partial charge in [0.05, 0.1) is 18.1 Å². The molecular weight excluding hydrogens is 377 g/mol. The fourth-order valence-electron chi connectivity index (χ4n) is 1.94. The van der Waals surface area contributed by atoms with Crippen LogP contribution in [0.2, 0.25) is 0 Å². The largest absolute Gasteiger partial charge is 0.354 e. The molecule has 0 aromatic rings. The minimum atomic E-state index is -2.81. The molecule has 2 aliphatic rings. The number of rotatable bonds is 4. The lowest BCUT2D eigenvalue weighted by molar-refractivity contribution is 0.589. The van der Waals surface area contributed by atoms with Crippen LogP contribution < -0.4 is 10.6 Å². The smallest absolute Gasteiger partial charge is 0.192 e. The fourth-order valence-corrected chi connectivity index (χ4v) is 3.79. The van der Waals surface area contributed by atoms with Crippen LogP contribution in [0.4, 0.5) is 0 Å². The second-order valence-electron chi connectivity index (χ2n) is 4.93. The number of nitrogens with zero attached hydrogens (tertiary/aromatic N) is 1. The Kier molecular flexibility index (Phi) is 6.39. The van der Waals surface area contributed by atoms with E-state index in [1.54, 1.807) is 0 Å². The Morgan fingerprint density at radius 2 is 2.11 bits per heavy atom. The van der Waals surface area contributed by atoms with Crippen LogP contribution in [0.3, 0.4) is 0 Å². The molecule has 5 nitrogen and oxygen atoms in total. The Bertz CT molecular complexity index is 466. The summed E-state index contributed by atoms with van der Waals surface area (Å²) in [6.45, 7) is 0.980. The molecule has 0 amide bonds. The predicted octanol–water partition coefficient (Wildman–Crippen LogP) is 0.370. The first-order chi connectivity index (χ1) is 8.59. The van der Waals surface area contributed by atoms with Gasteiger partial charge in [-0.1, -0.05) is 5.92 Å². The maximum atomic E-state index is 11.3. The number of terminal acetylenes is 1. The molecule has 1 heterocycles. The molecule has 1 saturated heterocycles. The average Bonchev–Trinajstić information content (AvgIpc) is 3.06. The summed E-state index contributed by atoms with van der Waals surface area (Å²) in [7, 11) is -2.81. The summed E-state index contributed by atoms with van der Waals surface area (Å²) in [6, 6.07) is 0.501. The molecule has 19 heavy (non-hydrogen) atoms. The van der Waals surface area contributed by atoms with Crippen LogP contribution in [0.5, 0.6) is 0 Å². The lowest BCUT2D eigenvalue weighted by atomic mass is 10.1. The van der Waals surface area contributed by atoms with Crippen molar-refractivity contribution in [1.82, 2.24) is 10.6 Å². The van der Waals surface area contributed by atoms with Crippen molar-refractivity contribution in [2.45, 2.75) is 25.3 Å². The quantitative estimate of drug-likeness (QED) is 0.311. The number of guanidine groups is 1. The molecule has 2 fully saturated rings. The Hall–Kier alpha value is -0.490. The zero-order valence-electron chi connectivity index (χ0n) is 10.8. The van der Waals surface area contributed by atoms with Crippen molar-refractivity contribution in [1.29, 1.82) is 0 Å². The summed E-state index contributed by atoms with van der Waals surface area (Å²) in [5.74, 6) is 3.93. The van der Waals surface area contributed by atoms with Crippen molar-refractivity contribution in [3.8, 4) is 12.3 Å². The van der Waals surface area contributed by atoms with E-state index in [0.29, 0.717) is 30.8 Å². The van der Waals surface area contributed by atoms with E-state index in [9.17, 15) is 8.42 Å². The Labute approximate surface area is 132 Å². The third kappa shape index (κ3) is 5.99. The molecule has 1 aliphatic heterocycles. The molecule has 0 spiro atoms.